The summed E-state index contributed by atoms with van der Waals surface area (Å²) in [5, 5.41) is 11.3. The molecule has 0 radical (unpaired) electrons. The third kappa shape index (κ3) is 8.86. The summed E-state index contributed by atoms with van der Waals surface area (Å²) in [4.78, 5) is 48.7. The van der Waals surface area contributed by atoms with Crippen LogP contribution < -0.4 is 0 Å². The summed E-state index contributed by atoms with van der Waals surface area (Å²) in [6, 6.07) is -0.326. The highest BCUT2D eigenvalue weighted by Gasteiger charge is 2.51. The number of ether oxygens (including phenoxy) is 4. The molecule has 3 aliphatic heterocycles. The number of hydrogen-bond acceptors (Lipinski definition) is 11. The number of likely N-dealkylation sites (N-methyl/N-ethyl adjacent to an activating group) is 3. The Bertz CT molecular complexity index is 1060. The zero-order valence-electron chi connectivity index (χ0n) is 30.4. The Hall–Kier alpha value is -1.67. The van der Waals surface area contributed by atoms with Crippen molar-refractivity contribution in [1.29, 1.82) is 0 Å². The number of carbonyl (C=O) groups excluding carboxylic acids is 3. The number of cyclic esters (lactones) is 1. The highest BCUT2D eigenvalue weighted by atomic mass is 16.7. The molecular weight excluding hydrogens is 592 g/mol. The molecule has 3 rings (SSSR count). The third-order valence-electron chi connectivity index (χ3n) is 10.5. The van der Waals surface area contributed by atoms with Gasteiger partial charge in [-0.1, -0.05) is 13.8 Å². The van der Waals surface area contributed by atoms with Gasteiger partial charge in [-0.3, -0.25) is 19.3 Å². The van der Waals surface area contributed by atoms with E-state index in [0.29, 0.717) is 39.0 Å². The maximum Gasteiger partial charge on any atom is 0.319 e. The fraction of sp³-hybridized carbons (Fsp3) is 0.912. The summed E-state index contributed by atoms with van der Waals surface area (Å²) in [5.74, 6) is -1.42. The number of nitrogens with zero attached hydrogens (tertiary/aromatic N) is 4. The summed E-state index contributed by atoms with van der Waals surface area (Å²) in [7, 11) is 11.2. The fourth-order valence-corrected chi connectivity index (χ4v) is 7.76. The standard InChI is InChI=1S/C34H62N4O8/c1-21-16-34(6,43-12)30(46-31-28(40)25(36(9)10)15-22(2)45-31)23(3)29(41)33(4,5)32(42)44-20-26(37(11)17-21)24-13-14-38(18-24)27(39)19-35(7)8/h21-26,28,30-31,40H,13-20H2,1-12H3/t21-,22-,23+,24-,25+,26+,28-,30-,31+,34-/m1/s1. The second-order valence-corrected chi connectivity index (χ2v) is 15.5. The monoisotopic (exact) mass is 654 g/mol. The van der Waals surface area contributed by atoms with Gasteiger partial charge in [0, 0.05) is 44.7 Å². The first kappa shape index (κ1) is 38.8. The van der Waals surface area contributed by atoms with Gasteiger partial charge in [-0.25, -0.2) is 0 Å². The quantitative estimate of drug-likeness (QED) is 0.319. The first-order chi connectivity index (χ1) is 21.3. The molecule has 12 heteroatoms. The van der Waals surface area contributed by atoms with Crippen LogP contribution in [0.4, 0.5) is 0 Å². The van der Waals surface area contributed by atoms with Gasteiger partial charge in [0.05, 0.1) is 24.4 Å². The van der Waals surface area contributed by atoms with Crippen LogP contribution in [-0.2, 0) is 33.3 Å². The van der Waals surface area contributed by atoms with E-state index in [9.17, 15) is 19.5 Å². The van der Waals surface area contributed by atoms with Crippen LogP contribution in [0.1, 0.15) is 60.8 Å². The number of amides is 1. The highest BCUT2D eigenvalue weighted by molar-refractivity contribution is 6.04. The number of methoxy groups -OCH3 is 1. The predicted molar refractivity (Wildman–Crippen MR) is 175 cm³/mol. The molecule has 3 saturated heterocycles. The second-order valence-electron chi connectivity index (χ2n) is 15.5. The van der Waals surface area contributed by atoms with Crippen molar-refractivity contribution >= 4 is 17.7 Å². The second kappa shape index (κ2) is 15.7. The number of rotatable bonds is 7. The van der Waals surface area contributed by atoms with Gasteiger partial charge in [0.1, 0.15) is 18.1 Å². The van der Waals surface area contributed by atoms with Crippen LogP contribution in [0.2, 0.25) is 0 Å². The minimum absolute atomic E-state index is 0.0890. The topological polar surface area (TPSA) is 121 Å². The molecule has 0 aromatic heterocycles. The van der Waals surface area contributed by atoms with E-state index in [0.717, 1.165) is 6.42 Å². The molecule has 0 aromatic carbocycles. The van der Waals surface area contributed by atoms with Crippen LogP contribution in [0.5, 0.6) is 0 Å². The zero-order valence-corrected chi connectivity index (χ0v) is 30.4. The molecule has 3 fully saturated rings. The van der Waals surface area contributed by atoms with Crippen LogP contribution in [0, 0.1) is 23.2 Å². The first-order valence-corrected chi connectivity index (χ1v) is 16.9. The van der Waals surface area contributed by atoms with E-state index in [2.05, 4.69) is 11.8 Å². The van der Waals surface area contributed by atoms with Crippen molar-refractivity contribution in [2.45, 2.75) is 103 Å². The van der Waals surface area contributed by atoms with Gasteiger partial charge in [0.25, 0.3) is 0 Å². The normalized spacial score (nSPS) is 38.8. The van der Waals surface area contributed by atoms with Gasteiger partial charge in [-0.05, 0) is 94.0 Å². The lowest BCUT2D eigenvalue weighted by Crippen LogP contribution is -2.59. The number of ketones is 1. The Morgan fingerprint density at radius 3 is 2.33 bits per heavy atom. The van der Waals surface area contributed by atoms with Crippen LogP contribution >= 0.6 is 0 Å². The number of aliphatic hydroxyl groups is 1. The molecule has 3 aliphatic rings. The minimum atomic E-state index is -1.46. The van der Waals surface area contributed by atoms with Crippen LogP contribution in [0.25, 0.3) is 0 Å². The Labute approximate surface area is 277 Å². The molecule has 46 heavy (non-hydrogen) atoms. The van der Waals surface area contributed by atoms with Crippen LogP contribution in [0.15, 0.2) is 0 Å². The summed E-state index contributed by atoms with van der Waals surface area (Å²) >= 11 is 0. The van der Waals surface area contributed by atoms with Crippen molar-refractivity contribution in [1.82, 2.24) is 19.6 Å². The largest absolute Gasteiger partial charge is 0.463 e. The number of Topliss-reactive ketones (excluding diaryl/α,β-unsaturated/α-hetero) is 1. The van der Waals surface area contributed by atoms with Crippen molar-refractivity contribution in [3.63, 3.8) is 0 Å². The van der Waals surface area contributed by atoms with E-state index in [-0.39, 0.29) is 48.3 Å². The Morgan fingerprint density at radius 1 is 1.09 bits per heavy atom. The minimum Gasteiger partial charge on any atom is -0.463 e. The van der Waals surface area contributed by atoms with Gasteiger partial charge in [-0.15, -0.1) is 0 Å². The highest BCUT2D eigenvalue weighted by Crippen LogP contribution is 2.38. The van der Waals surface area contributed by atoms with Crippen molar-refractivity contribution in [2.24, 2.45) is 23.2 Å². The Morgan fingerprint density at radius 2 is 1.74 bits per heavy atom. The van der Waals surface area contributed by atoms with E-state index in [4.69, 9.17) is 18.9 Å². The molecule has 3 heterocycles. The third-order valence-corrected chi connectivity index (χ3v) is 10.5. The number of hydrogen-bond donors (Lipinski definition) is 1. The van der Waals surface area contributed by atoms with E-state index >= 15 is 0 Å². The molecule has 0 bridgehead atoms. The molecule has 10 atom stereocenters. The maximum absolute atomic E-state index is 14.2. The van der Waals surface area contributed by atoms with E-state index < -0.39 is 41.4 Å². The van der Waals surface area contributed by atoms with Crippen molar-refractivity contribution in [3.05, 3.63) is 0 Å². The zero-order chi connectivity index (χ0) is 34.7. The molecule has 0 aliphatic carbocycles. The van der Waals surface area contributed by atoms with Gasteiger partial charge >= 0.3 is 5.97 Å². The van der Waals surface area contributed by atoms with Crippen molar-refractivity contribution in [2.75, 3.05) is 75.1 Å². The van der Waals surface area contributed by atoms with Crippen LogP contribution in [-0.4, -0.2) is 160 Å². The average molecular weight is 655 g/mol. The van der Waals surface area contributed by atoms with Gasteiger partial charge < -0.3 is 38.8 Å². The van der Waals surface area contributed by atoms with E-state index in [1.807, 2.05) is 63.8 Å². The smallest absolute Gasteiger partial charge is 0.319 e. The van der Waals surface area contributed by atoms with Gasteiger partial charge in [-0.2, -0.15) is 0 Å². The average Bonchev–Trinajstić information content (AvgIpc) is 3.45. The van der Waals surface area contributed by atoms with Crippen LogP contribution in [0.3, 0.4) is 0 Å². The van der Waals surface area contributed by atoms with Crippen molar-refractivity contribution < 1.29 is 38.4 Å². The van der Waals surface area contributed by atoms with E-state index in [1.54, 1.807) is 27.9 Å². The molecule has 0 spiro atoms. The van der Waals surface area contributed by atoms with E-state index in [1.165, 1.54) is 0 Å². The number of likely N-dealkylation sites (tertiary alicyclic amines) is 1. The van der Waals surface area contributed by atoms with Gasteiger partial charge in [0.15, 0.2) is 12.1 Å². The Kier molecular flexibility index (Phi) is 13.2. The molecular formula is C34H62N4O8. The molecule has 1 amide bonds. The molecule has 0 saturated carbocycles. The number of esters is 1. The first-order valence-electron chi connectivity index (χ1n) is 16.9. The SMILES string of the molecule is CO[C@]1(C)C[C@@H](C)CN(C)[C@H]([C@@H]2CCN(C(=O)CN(C)C)C2)COC(=O)C(C)(C)C(=O)[C@H](C)[C@H]1O[C@@H]1O[C@H](C)C[C@H](N(C)C)[C@H]1O. The maximum atomic E-state index is 14.2. The molecule has 266 valence electrons. The summed E-state index contributed by atoms with van der Waals surface area (Å²) in [5.41, 5.74) is -2.42. The van der Waals surface area contributed by atoms with Gasteiger partial charge in [0.2, 0.25) is 5.91 Å². The number of aliphatic hydroxyl groups excluding tert-OH is 1. The number of carbonyl (C=O) groups is 3. The summed E-state index contributed by atoms with van der Waals surface area (Å²) in [6.45, 7) is 13.4. The summed E-state index contributed by atoms with van der Waals surface area (Å²) < 4.78 is 24.9. The Balaban J connectivity index is 1.95. The lowest BCUT2D eigenvalue weighted by molar-refractivity contribution is -0.295. The van der Waals surface area contributed by atoms with Crippen molar-refractivity contribution in [3.8, 4) is 0 Å². The molecule has 12 nitrogen and oxygen atoms in total. The lowest BCUT2D eigenvalue weighted by atomic mass is 9.74. The molecule has 0 unspecified atom stereocenters. The molecule has 0 aromatic rings. The predicted octanol–water partition coefficient (Wildman–Crippen LogP) is 1.73. The lowest BCUT2D eigenvalue weighted by Gasteiger charge is -2.47. The fourth-order valence-electron chi connectivity index (χ4n) is 7.76. The molecule has 1 N–H and O–H groups in total. The summed E-state index contributed by atoms with van der Waals surface area (Å²) in [6.07, 6.45) is -0.944.